The molecule has 220 valence electrons. The van der Waals surface area contributed by atoms with E-state index in [2.05, 4.69) is 5.32 Å². The zero-order valence-corrected chi connectivity index (χ0v) is 25.1. The van der Waals surface area contributed by atoms with Gasteiger partial charge in [0, 0.05) is 12.6 Å². The second-order valence-electron chi connectivity index (χ2n) is 9.64. The lowest BCUT2D eigenvalue weighted by Gasteiger charge is -2.33. The molecule has 0 unspecified atom stereocenters. The minimum atomic E-state index is -4.14. The third-order valence-corrected chi connectivity index (χ3v) is 8.63. The SMILES string of the molecule is CC[C@H](C(=O)N[C@@H](C)CC)N(Cc1cccc(OC)c1)C(=O)CN(c1ccc(OC)cc1)S(=O)(=O)c1ccccc1. The van der Waals surface area contributed by atoms with Crippen LogP contribution in [0.1, 0.15) is 39.2 Å². The lowest BCUT2D eigenvalue weighted by atomic mass is 10.1. The molecule has 2 amide bonds. The molecule has 3 rings (SSSR count). The van der Waals surface area contributed by atoms with Crippen molar-refractivity contribution in [3.8, 4) is 11.5 Å². The smallest absolute Gasteiger partial charge is 0.264 e. The summed E-state index contributed by atoms with van der Waals surface area (Å²) in [5, 5.41) is 2.97. The van der Waals surface area contributed by atoms with E-state index in [1.165, 1.54) is 24.1 Å². The second-order valence-corrected chi connectivity index (χ2v) is 11.5. The fourth-order valence-corrected chi connectivity index (χ4v) is 5.76. The lowest BCUT2D eigenvalue weighted by molar-refractivity contribution is -0.140. The molecule has 0 saturated heterocycles. The number of rotatable bonds is 14. The molecule has 0 aliphatic carbocycles. The highest BCUT2D eigenvalue weighted by molar-refractivity contribution is 7.92. The van der Waals surface area contributed by atoms with Gasteiger partial charge < -0.3 is 19.7 Å². The Labute approximate surface area is 243 Å². The molecule has 9 nitrogen and oxygen atoms in total. The van der Waals surface area contributed by atoms with Crippen LogP contribution in [0.15, 0.2) is 83.8 Å². The molecule has 0 heterocycles. The first-order valence-corrected chi connectivity index (χ1v) is 15.0. The van der Waals surface area contributed by atoms with Gasteiger partial charge in [0.25, 0.3) is 10.0 Å². The van der Waals surface area contributed by atoms with Crippen molar-refractivity contribution >= 4 is 27.5 Å². The molecule has 3 aromatic rings. The largest absolute Gasteiger partial charge is 0.497 e. The number of sulfonamides is 1. The van der Waals surface area contributed by atoms with E-state index in [0.717, 1.165) is 16.3 Å². The predicted molar refractivity (Wildman–Crippen MR) is 159 cm³/mol. The van der Waals surface area contributed by atoms with E-state index in [9.17, 15) is 18.0 Å². The number of carbonyl (C=O) groups excluding carboxylic acids is 2. The van der Waals surface area contributed by atoms with Gasteiger partial charge in [-0.15, -0.1) is 0 Å². The third kappa shape index (κ3) is 8.00. The van der Waals surface area contributed by atoms with Crippen LogP contribution in [-0.2, 0) is 26.2 Å². The first kappa shape index (κ1) is 31.5. The Morgan fingerprint density at radius 2 is 1.51 bits per heavy atom. The number of benzene rings is 3. The summed E-state index contributed by atoms with van der Waals surface area (Å²) in [5.74, 6) is 0.345. The van der Waals surface area contributed by atoms with E-state index in [1.807, 2.05) is 26.8 Å². The van der Waals surface area contributed by atoms with Crippen LogP contribution in [0, 0.1) is 0 Å². The fourth-order valence-electron chi connectivity index (χ4n) is 4.33. The van der Waals surface area contributed by atoms with Crippen molar-refractivity contribution in [2.24, 2.45) is 0 Å². The molecule has 0 saturated carbocycles. The summed E-state index contributed by atoms with van der Waals surface area (Å²) in [6.45, 7) is 5.27. The van der Waals surface area contributed by atoms with Gasteiger partial charge >= 0.3 is 0 Å². The van der Waals surface area contributed by atoms with Crippen LogP contribution in [0.5, 0.6) is 11.5 Å². The van der Waals surface area contributed by atoms with Crippen molar-refractivity contribution in [3.05, 3.63) is 84.4 Å². The monoisotopic (exact) mass is 581 g/mol. The van der Waals surface area contributed by atoms with Crippen LogP contribution in [0.2, 0.25) is 0 Å². The Morgan fingerprint density at radius 3 is 2.10 bits per heavy atom. The fraction of sp³-hybridized carbons (Fsp3) is 0.355. The van der Waals surface area contributed by atoms with E-state index in [4.69, 9.17) is 9.47 Å². The molecule has 3 aromatic carbocycles. The molecule has 41 heavy (non-hydrogen) atoms. The summed E-state index contributed by atoms with van der Waals surface area (Å²) in [5.41, 5.74) is 1.04. The Hall–Kier alpha value is -4.05. The first-order chi connectivity index (χ1) is 19.6. The third-order valence-electron chi connectivity index (χ3n) is 6.84. The quantitative estimate of drug-likeness (QED) is 0.298. The highest BCUT2D eigenvalue weighted by Gasteiger charge is 2.34. The van der Waals surface area contributed by atoms with Crippen molar-refractivity contribution < 1.29 is 27.5 Å². The molecule has 1 N–H and O–H groups in total. The number of anilines is 1. The number of methoxy groups -OCH3 is 2. The molecule has 0 radical (unpaired) electrons. The summed E-state index contributed by atoms with van der Waals surface area (Å²) in [7, 11) is -1.07. The average molecular weight is 582 g/mol. The van der Waals surface area contributed by atoms with Crippen molar-refractivity contribution in [2.75, 3.05) is 25.1 Å². The molecule has 2 atom stereocenters. The number of amides is 2. The number of nitrogens with one attached hydrogen (secondary N) is 1. The molecule has 0 aliphatic heterocycles. The highest BCUT2D eigenvalue weighted by Crippen LogP contribution is 2.27. The summed E-state index contributed by atoms with van der Waals surface area (Å²) in [6.07, 6.45) is 1.07. The number of ether oxygens (including phenoxy) is 2. The zero-order valence-electron chi connectivity index (χ0n) is 24.2. The zero-order chi connectivity index (χ0) is 30.0. The molecular weight excluding hydrogens is 542 g/mol. The van der Waals surface area contributed by atoms with Gasteiger partial charge in [-0.2, -0.15) is 0 Å². The number of hydrogen-bond acceptors (Lipinski definition) is 6. The molecular formula is C31H39N3O6S. The molecule has 10 heteroatoms. The second kappa shape index (κ2) is 14.5. The van der Waals surface area contributed by atoms with Gasteiger partial charge in [-0.1, -0.05) is 44.2 Å². The van der Waals surface area contributed by atoms with Crippen LogP contribution in [-0.4, -0.2) is 58.0 Å². The highest BCUT2D eigenvalue weighted by atomic mass is 32.2. The van der Waals surface area contributed by atoms with Gasteiger partial charge in [-0.3, -0.25) is 13.9 Å². The predicted octanol–water partition coefficient (Wildman–Crippen LogP) is 4.62. The summed E-state index contributed by atoms with van der Waals surface area (Å²) in [6, 6.07) is 20.7. The van der Waals surface area contributed by atoms with Crippen LogP contribution >= 0.6 is 0 Å². The van der Waals surface area contributed by atoms with Crippen LogP contribution < -0.4 is 19.1 Å². The Balaban J connectivity index is 2.06. The number of hydrogen-bond donors (Lipinski definition) is 1. The Kier molecular flexibility index (Phi) is 11.2. The van der Waals surface area contributed by atoms with Crippen molar-refractivity contribution in [1.82, 2.24) is 10.2 Å². The summed E-state index contributed by atoms with van der Waals surface area (Å²) >= 11 is 0. The van der Waals surface area contributed by atoms with Gasteiger partial charge in [0.15, 0.2) is 0 Å². The van der Waals surface area contributed by atoms with E-state index in [0.29, 0.717) is 23.6 Å². The van der Waals surface area contributed by atoms with E-state index in [1.54, 1.807) is 67.8 Å². The average Bonchev–Trinajstić information content (AvgIpc) is 3.00. The molecule has 0 aromatic heterocycles. The van der Waals surface area contributed by atoms with Gasteiger partial charge in [-0.25, -0.2) is 8.42 Å². The van der Waals surface area contributed by atoms with E-state index < -0.39 is 28.5 Å². The minimum absolute atomic E-state index is 0.0459. The van der Waals surface area contributed by atoms with Crippen molar-refractivity contribution in [2.45, 2.75) is 57.1 Å². The molecule has 0 fully saturated rings. The van der Waals surface area contributed by atoms with Gasteiger partial charge in [0.1, 0.15) is 24.1 Å². The van der Waals surface area contributed by atoms with E-state index in [-0.39, 0.29) is 23.4 Å². The van der Waals surface area contributed by atoms with Crippen molar-refractivity contribution in [3.63, 3.8) is 0 Å². The first-order valence-electron chi connectivity index (χ1n) is 13.6. The standard InChI is InChI=1S/C31H39N3O6S/c1-6-23(3)32-31(36)29(7-2)33(21-24-12-11-13-27(20-24)40-5)30(35)22-34(25-16-18-26(39-4)19-17-25)41(37,38)28-14-9-8-10-15-28/h8-20,23,29H,6-7,21-22H2,1-5H3,(H,32,36)/t23-,29+/m0/s1. The summed E-state index contributed by atoms with van der Waals surface area (Å²) in [4.78, 5) is 29.0. The summed E-state index contributed by atoms with van der Waals surface area (Å²) < 4.78 is 39.4. The van der Waals surface area contributed by atoms with Crippen LogP contribution in [0.25, 0.3) is 0 Å². The Bertz CT molecular complexity index is 1400. The van der Waals surface area contributed by atoms with Crippen LogP contribution in [0.3, 0.4) is 0 Å². The van der Waals surface area contributed by atoms with Crippen LogP contribution in [0.4, 0.5) is 5.69 Å². The van der Waals surface area contributed by atoms with Gasteiger partial charge in [0.05, 0.1) is 24.8 Å². The lowest BCUT2D eigenvalue weighted by Crippen LogP contribution is -2.53. The topological polar surface area (TPSA) is 105 Å². The van der Waals surface area contributed by atoms with Crippen molar-refractivity contribution in [1.29, 1.82) is 0 Å². The molecule has 0 bridgehead atoms. The minimum Gasteiger partial charge on any atom is -0.497 e. The normalized spacial score (nSPS) is 12.6. The maximum Gasteiger partial charge on any atom is 0.264 e. The number of carbonyl (C=O) groups is 2. The maximum atomic E-state index is 14.1. The van der Waals surface area contributed by atoms with Gasteiger partial charge in [-0.05, 0) is 73.9 Å². The Morgan fingerprint density at radius 1 is 0.854 bits per heavy atom. The van der Waals surface area contributed by atoms with E-state index >= 15 is 0 Å². The molecule has 0 spiro atoms. The maximum absolute atomic E-state index is 14.1. The number of nitrogens with zero attached hydrogens (tertiary/aromatic N) is 2. The molecule has 0 aliphatic rings. The van der Waals surface area contributed by atoms with Gasteiger partial charge in [0.2, 0.25) is 11.8 Å².